The van der Waals surface area contributed by atoms with E-state index in [1.807, 2.05) is 24.3 Å². The smallest absolute Gasteiger partial charge is 0.324 e. The van der Waals surface area contributed by atoms with Gasteiger partial charge in [0.05, 0.1) is 14.2 Å². The van der Waals surface area contributed by atoms with Crippen molar-refractivity contribution in [1.29, 1.82) is 0 Å². The van der Waals surface area contributed by atoms with Crippen molar-refractivity contribution >= 4 is 23.5 Å². The number of rotatable bonds is 2. The minimum absolute atomic E-state index is 0.0515. The number of hydrogen-bond acceptors (Lipinski definition) is 4. The molecule has 3 rings (SSSR count). The van der Waals surface area contributed by atoms with Crippen LogP contribution in [0, 0.1) is 11.3 Å². The molecular weight excluding hydrogens is 304 g/mol. The van der Waals surface area contributed by atoms with Crippen molar-refractivity contribution in [3.8, 4) is 0 Å². The number of methoxy groups -OCH3 is 2. The monoisotopic (exact) mass is 320 g/mol. The number of hydrogen-bond donors (Lipinski definition) is 0. The average Bonchev–Trinajstić information content (AvgIpc) is 2.80. The number of allylic oxidation sites excluding steroid dienone is 1. The molecule has 0 aliphatic heterocycles. The molecule has 0 radical (unpaired) electrons. The van der Waals surface area contributed by atoms with Gasteiger partial charge in [-0.25, -0.2) is 0 Å². The number of esters is 2. The van der Waals surface area contributed by atoms with Crippen molar-refractivity contribution in [3.05, 3.63) is 46.5 Å². The Morgan fingerprint density at radius 1 is 1.23 bits per heavy atom. The molecular formula is C17H17ClO4. The van der Waals surface area contributed by atoms with E-state index in [4.69, 9.17) is 21.1 Å². The second-order valence-corrected chi connectivity index (χ2v) is 6.02. The second kappa shape index (κ2) is 5.43. The lowest BCUT2D eigenvalue weighted by Gasteiger charge is -2.32. The van der Waals surface area contributed by atoms with E-state index >= 15 is 0 Å². The van der Waals surface area contributed by atoms with E-state index in [2.05, 4.69) is 0 Å². The number of benzene rings is 1. The van der Waals surface area contributed by atoms with Gasteiger partial charge in [0.15, 0.2) is 5.41 Å². The van der Waals surface area contributed by atoms with E-state index in [0.29, 0.717) is 6.42 Å². The highest BCUT2D eigenvalue weighted by atomic mass is 35.5. The predicted molar refractivity (Wildman–Crippen MR) is 81.4 cm³/mol. The maximum Gasteiger partial charge on any atom is 0.324 e. The van der Waals surface area contributed by atoms with Gasteiger partial charge in [0.2, 0.25) is 0 Å². The molecule has 0 aromatic heterocycles. The minimum Gasteiger partial charge on any atom is -0.468 e. The average molecular weight is 321 g/mol. The number of fused-ring (bicyclic) bond motifs is 4. The lowest BCUT2D eigenvalue weighted by atomic mass is 9.71. The molecule has 0 amide bonds. The van der Waals surface area contributed by atoms with Crippen LogP contribution in [0.3, 0.4) is 0 Å². The van der Waals surface area contributed by atoms with Gasteiger partial charge in [-0.2, -0.15) is 0 Å². The van der Waals surface area contributed by atoms with E-state index in [1.54, 1.807) is 0 Å². The van der Waals surface area contributed by atoms with Crippen LogP contribution in [0.1, 0.15) is 23.5 Å². The van der Waals surface area contributed by atoms with Gasteiger partial charge in [-0.05, 0) is 35.5 Å². The summed E-state index contributed by atoms with van der Waals surface area (Å²) < 4.78 is 9.93. The van der Waals surface area contributed by atoms with Crippen LogP contribution < -0.4 is 0 Å². The first-order valence-corrected chi connectivity index (χ1v) is 7.58. The Morgan fingerprint density at radius 3 is 2.45 bits per heavy atom. The van der Waals surface area contributed by atoms with E-state index in [9.17, 15) is 9.59 Å². The highest BCUT2D eigenvalue weighted by Gasteiger charge is 2.64. The van der Waals surface area contributed by atoms with Crippen LogP contribution in [0.5, 0.6) is 0 Å². The molecule has 0 heterocycles. The molecule has 2 aliphatic rings. The highest BCUT2D eigenvalue weighted by molar-refractivity contribution is 6.26. The van der Waals surface area contributed by atoms with Gasteiger partial charge in [0.25, 0.3) is 0 Å². The van der Waals surface area contributed by atoms with Gasteiger partial charge in [0.1, 0.15) is 0 Å². The molecule has 0 N–H and O–H groups in total. The molecule has 0 saturated heterocycles. The minimum atomic E-state index is -1.35. The molecule has 1 fully saturated rings. The summed E-state index contributed by atoms with van der Waals surface area (Å²) >= 11 is 6.03. The number of ether oxygens (including phenoxy) is 2. The highest BCUT2D eigenvalue weighted by Crippen LogP contribution is 2.61. The van der Waals surface area contributed by atoms with Crippen LogP contribution in [-0.4, -0.2) is 26.2 Å². The van der Waals surface area contributed by atoms with Gasteiger partial charge < -0.3 is 9.47 Å². The Bertz CT molecular complexity index is 648. The lowest BCUT2D eigenvalue weighted by Crippen LogP contribution is -2.43. The number of halogens is 1. The first-order chi connectivity index (χ1) is 10.6. The van der Waals surface area contributed by atoms with E-state index in [0.717, 1.165) is 23.1 Å². The summed E-state index contributed by atoms with van der Waals surface area (Å²) in [4.78, 5) is 25.1. The molecule has 1 saturated carbocycles. The third kappa shape index (κ3) is 1.83. The summed E-state index contributed by atoms with van der Waals surface area (Å²) in [6.45, 7) is 0. The molecule has 0 spiro atoms. The summed E-state index contributed by atoms with van der Waals surface area (Å²) in [6, 6.07) is 7.85. The topological polar surface area (TPSA) is 52.6 Å². The Kier molecular flexibility index (Phi) is 3.73. The lowest BCUT2D eigenvalue weighted by molar-refractivity contribution is -0.169. The molecule has 1 aromatic carbocycles. The van der Waals surface area contributed by atoms with Crippen LogP contribution >= 0.6 is 11.6 Å². The van der Waals surface area contributed by atoms with Crippen molar-refractivity contribution in [2.45, 2.75) is 18.8 Å². The molecule has 0 unspecified atom stereocenters. The van der Waals surface area contributed by atoms with Crippen LogP contribution in [-0.2, 0) is 25.5 Å². The van der Waals surface area contributed by atoms with Gasteiger partial charge >= 0.3 is 11.9 Å². The van der Waals surface area contributed by atoms with E-state index < -0.39 is 23.3 Å². The normalized spacial score (nSPS) is 26.4. The molecule has 4 nitrogen and oxygen atoms in total. The first kappa shape index (κ1) is 15.1. The number of carbonyl (C=O) groups is 2. The maximum absolute atomic E-state index is 12.6. The largest absolute Gasteiger partial charge is 0.468 e. The summed E-state index contributed by atoms with van der Waals surface area (Å²) in [7, 11) is 2.59. The van der Waals surface area contributed by atoms with Crippen LogP contribution in [0.25, 0.3) is 0 Å². The quantitative estimate of drug-likeness (QED) is 0.621. The Balaban J connectivity index is 2.26. The summed E-state index contributed by atoms with van der Waals surface area (Å²) in [6.07, 6.45) is 1.13. The van der Waals surface area contributed by atoms with Crippen LogP contribution in [0.15, 0.2) is 35.4 Å². The predicted octanol–water partition coefficient (Wildman–Crippen LogP) is 2.80. The molecule has 5 heteroatoms. The molecule has 2 bridgehead atoms. The second-order valence-electron chi connectivity index (χ2n) is 5.80. The summed E-state index contributed by atoms with van der Waals surface area (Å²) in [5, 5.41) is 0. The Morgan fingerprint density at radius 2 is 1.86 bits per heavy atom. The zero-order chi connectivity index (χ0) is 15.9. The van der Waals surface area contributed by atoms with Crippen molar-refractivity contribution in [2.24, 2.45) is 11.3 Å². The van der Waals surface area contributed by atoms with E-state index in [1.165, 1.54) is 19.8 Å². The van der Waals surface area contributed by atoms with Crippen molar-refractivity contribution in [3.63, 3.8) is 0 Å². The summed E-state index contributed by atoms with van der Waals surface area (Å²) in [5.74, 6) is -1.48. The van der Waals surface area contributed by atoms with Gasteiger partial charge in [0, 0.05) is 11.5 Å². The van der Waals surface area contributed by atoms with Crippen LogP contribution in [0.4, 0.5) is 0 Å². The molecule has 2 aliphatic carbocycles. The summed E-state index contributed by atoms with van der Waals surface area (Å²) in [5.41, 5.74) is 3.19. The van der Waals surface area contributed by atoms with Crippen molar-refractivity contribution < 1.29 is 19.1 Å². The zero-order valence-corrected chi connectivity index (χ0v) is 13.2. The Labute approximate surface area is 134 Å². The van der Waals surface area contributed by atoms with Gasteiger partial charge in [-0.3, -0.25) is 9.59 Å². The fourth-order valence-corrected chi connectivity index (χ4v) is 4.35. The fraction of sp³-hybridized carbons (Fsp3) is 0.412. The van der Waals surface area contributed by atoms with Gasteiger partial charge in [-0.1, -0.05) is 35.9 Å². The fourth-order valence-electron chi connectivity index (χ4n) is 4.05. The third-order valence-electron chi connectivity index (χ3n) is 4.92. The SMILES string of the molecule is COC(=O)C1(C(=O)OC)C[C@H]2Cc3ccccc3[C@@H]1C2=CCl. The molecule has 2 atom stereocenters. The third-order valence-corrected chi connectivity index (χ3v) is 5.18. The Hall–Kier alpha value is -1.81. The first-order valence-electron chi connectivity index (χ1n) is 7.15. The molecule has 116 valence electrons. The standard InChI is InChI=1S/C17H17ClO4/c1-21-15(19)17(16(20)22-2)8-11-7-10-5-3-4-6-12(10)14(17)13(11)9-18/h3-6,9,11,14H,7-8H2,1-2H3/t11-,14-/m1/s1. The van der Waals surface area contributed by atoms with E-state index in [-0.39, 0.29) is 5.92 Å². The van der Waals surface area contributed by atoms with Crippen molar-refractivity contribution in [2.75, 3.05) is 14.2 Å². The van der Waals surface area contributed by atoms with Crippen molar-refractivity contribution in [1.82, 2.24) is 0 Å². The van der Waals surface area contributed by atoms with Gasteiger partial charge in [-0.15, -0.1) is 0 Å². The van der Waals surface area contributed by atoms with Crippen LogP contribution in [0.2, 0.25) is 0 Å². The molecule has 22 heavy (non-hydrogen) atoms. The maximum atomic E-state index is 12.6. The number of carbonyl (C=O) groups excluding carboxylic acids is 2. The molecule has 1 aromatic rings. The zero-order valence-electron chi connectivity index (χ0n) is 12.5.